The standard InChI is InChI=1S/C17H14BrNS/c18-15-7-5-14(11-19)17(10-15)20-16-8-6-12-3-1-2-4-13(12)9-16/h1-10H,11,19H2. The van der Waals surface area contributed by atoms with Gasteiger partial charge in [0.15, 0.2) is 0 Å². The van der Waals surface area contributed by atoms with Gasteiger partial charge in [0.1, 0.15) is 0 Å². The van der Waals surface area contributed by atoms with Gasteiger partial charge in [0.25, 0.3) is 0 Å². The van der Waals surface area contributed by atoms with E-state index in [1.165, 1.54) is 26.1 Å². The second kappa shape index (κ2) is 6.00. The van der Waals surface area contributed by atoms with Crippen molar-refractivity contribution in [2.45, 2.75) is 16.3 Å². The van der Waals surface area contributed by atoms with E-state index in [1.807, 2.05) is 6.07 Å². The van der Waals surface area contributed by atoms with Gasteiger partial charge in [-0.2, -0.15) is 0 Å². The molecule has 0 aliphatic carbocycles. The first-order valence-corrected chi connectivity index (χ1v) is 8.02. The SMILES string of the molecule is NCc1ccc(Br)cc1Sc1ccc2ccccc2c1. The van der Waals surface area contributed by atoms with Crippen LogP contribution in [-0.2, 0) is 6.54 Å². The lowest BCUT2D eigenvalue weighted by molar-refractivity contribution is 1.02. The average Bonchev–Trinajstić information content (AvgIpc) is 2.47. The van der Waals surface area contributed by atoms with Crippen molar-refractivity contribution in [3.05, 3.63) is 70.7 Å². The summed E-state index contributed by atoms with van der Waals surface area (Å²) in [4.78, 5) is 2.44. The molecule has 0 atom stereocenters. The fourth-order valence-corrected chi connectivity index (χ4v) is 3.71. The summed E-state index contributed by atoms with van der Waals surface area (Å²) in [5.74, 6) is 0. The molecule has 100 valence electrons. The van der Waals surface area contributed by atoms with Crippen molar-refractivity contribution in [2.24, 2.45) is 5.73 Å². The molecule has 1 nitrogen and oxygen atoms in total. The Morgan fingerprint density at radius 3 is 2.50 bits per heavy atom. The molecule has 3 rings (SSSR count). The smallest absolute Gasteiger partial charge is 0.0189 e. The molecule has 0 aliphatic rings. The second-order valence-corrected chi connectivity index (χ2v) is 6.60. The summed E-state index contributed by atoms with van der Waals surface area (Å²) in [6, 6.07) is 21.2. The highest BCUT2D eigenvalue weighted by Gasteiger charge is 2.05. The molecule has 3 heteroatoms. The Morgan fingerprint density at radius 1 is 0.900 bits per heavy atom. The van der Waals surface area contributed by atoms with Gasteiger partial charge >= 0.3 is 0 Å². The number of benzene rings is 3. The molecule has 3 aromatic carbocycles. The van der Waals surface area contributed by atoms with Gasteiger partial charge in [-0.1, -0.05) is 64.1 Å². The van der Waals surface area contributed by atoms with Gasteiger partial charge in [-0.3, -0.25) is 0 Å². The summed E-state index contributed by atoms with van der Waals surface area (Å²) in [6.07, 6.45) is 0. The van der Waals surface area contributed by atoms with Crippen LogP contribution >= 0.6 is 27.7 Å². The normalized spacial score (nSPS) is 10.9. The Hall–Kier alpha value is -1.29. The summed E-state index contributed by atoms with van der Waals surface area (Å²) in [6.45, 7) is 0.559. The van der Waals surface area contributed by atoms with Crippen molar-refractivity contribution < 1.29 is 0 Å². The van der Waals surface area contributed by atoms with Crippen LogP contribution in [0.25, 0.3) is 10.8 Å². The molecular weight excluding hydrogens is 330 g/mol. The van der Waals surface area contributed by atoms with Crippen LogP contribution in [0.15, 0.2) is 74.9 Å². The molecular formula is C17H14BrNS. The first-order valence-electron chi connectivity index (χ1n) is 6.41. The Bertz CT molecular complexity index is 755. The molecule has 3 aromatic rings. The van der Waals surface area contributed by atoms with Crippen LogP contribution in [-0.4, -0.2) is 0 Å². The number of nitrogens with two attached hydrogens (primary N) is 1. The van der Waals surface area contributed by atoms with Crippen LogP contribution in [0.3, 0.4) is 0 Å². The highest BCUT2D eigenvalue weighted by molar-refractivity contribution is 9.10. The lowest BCUT2D eigenvalue weighted by Gasteiger charge is -2.09. The Labute approximate surface area is 131 Å². The van der Waals surface area contributed by atoms with Crippen LogP contribution in [0, 0.1) is 0 Å². The van der Waals surface area contributed by atoms with Crippen molar-refractivity contribution >= 4 is 38.5 Å². The van der Waals surface area contributed by atoms with Gasteiger partial charge < -0.3 is 5.73 Å². The van der Waals surface area contributed by atoms with Crippen molar-refractivity contribution in [3.8, 4) is 0 Å². The maximum absolute atomic E-state index is 5.82. The van der Waals surface area contributed by atoms with Crippen LogP contribution in [0.5, 0.6) is 0 Å². The molecule has 0 bridgehead atoms. The van der Waals surface area contributed by atoms with Crippen molar-refractivity contribution in [2.75, 3.05) is 0 Å². The van der Waals surface area contributed by atoms with E-state index in [4.69, 9.17) is 5.73 Å². The molecule has 0 amide bonds. The molecule has 0 radical (unpaired) electrons. The third-order valence-corrected chi connectivity index (χ3v) is 4.78. The van der Waals surface area contributed by atoms with E-state index in [9.17, 15) is 0 Å². The average molecular weight is 344 g/mol. The largest absolute Gasteiger partial charge is 0.326 e. The van der Waals surface area contributed by atoms with E-state index < -0.39 is 0 Å². The molecule has 0 unspecified atom stereocenters. The number of rotatable bonds is 3. The summed E-state index contributed by atoms with van der Waals surface area (Å²) in [5.41, 5.74) is 6.99. The van der Waals surface area contributed by atoms with Gasteiger partial charge in [-0.05, 0) is 40.6 Å². The van der Waals surface area contributed by atoms with Crippen LogP contribution in [0.4, 0.5) is 0 Å². The molecule has 2 N–H and O–H groups in total. The van der Waals surface area contributed by atoms with E-state index in [1.54, 1.807) is 11.8 Å². The van der Waals surface area contributed by atoms with Crippen LogP contribution in [0.2, 0.25) is 0 Å². The predicted octanol–water partition coefficient (Wildman–Crippen LogP) is 5.21. The zero-order valence-corrected chi connectivity index (χ0v) is 13.2. The maximum Gasteiger partial charge on any atom is 0.0189 e. The van der Waals surface area contributed by atoms with Gasteiger partial charge in [0.05, 0.1) is 0 Å². The van der Waals surface area contributed by atoms with Gasteiger partial charge in [-0.25, -0.2) is 0 Å². The minimum atomic E-state index is 0.559. The van der Waals surface area contributed by atoms with Crippen molar-refractivity contribution in [1.82, 2.24) is 0 Å². The molecule has 0 spiro atoms. The van der Waals surface area contributed by atoms with Gasteiger partial charge in [0, 0.05) is 20.8 Å². The lowest BCUT2D eigenvalue weighted by atomic mass is 10.1. The number of hydrogen-bond acceptors (Lipinski definition) is 2. The third kappa shape index (κ3) is 2.90. The zero-order chi connectivity index (χ0) is 13.9. The Morgan fingerprint density at radius 2 is 1.70 bits per heavy atom. The number of fused-ring (bicyclic) bond motifs is 1. The first kappa shape index (κ1) is 13.7. The summed E-state index contributed by atoms with van der Waals surface area (Å²) >= 11 is 5.28. The highest BCUT2D eigenvalue weighted by atomic mass is 79.9. The lowest BCUT2D eigenvalue weighted by Crippen LogP contribution is -1.98. The molecule has 20 heavy (non-hydrogen) atoms. The fourth-order valence-electron chi connectivity index (χ4n) is 2.15. The minimum absolute atomic E-state index is 0.559. The second-order valence-electron chi connectivity index (χ2n) is 4.57. The van der Waals surface area contributed by atoms with E-state index in [-0.39, 0.29) is 0 Å². The first-order chi connectivity index (χ1) is 9.76. The minimum Gasteiger partial charge on any atom is -0.326 e. The maximum atomic E-state index is 5.82. The topological polar surface area (TPSA) is 26.0 Å². The van der Waals surface area contributed by atoms with E-state index >= 15 is 0 Å². The monoisotopic (exact) mass is 343 g/mol. The Kier molecular flexibility index (Phi) is 4.10. The van der Waals surface area contributed by atoms with E-state index in [0.29, 0.717) is 6.54 Å². The van der Waals surface area contributed by atoms with Crippen molar-refractivity contribution in [3.63, 3.8) is 0 Å². The predicted molar refractivity (Wildman–Crippen MR) is 90.1 cm³/mol. The summed E-state index contributed by atoms with van der Waals surface area (Å²) < 4.78 is 1.08. The third-order valence-electron chi connectivity index (χ3n) is 3.20. The van der Waals surface area contributed by atoms with E-state index in [0.717, 1.165) is 4.47 Å². The van der Waals surface area contributed by atoms with Crippen LogP contribution < -0.4 is 5.73 Å². The summed E-state index contributed by atoms with van der Waals surface area (Å²) in [7, 11) is 0. The Balaban J connectivity index is 1.98. The molecule has 0 saturated heterocycles. The summed E-state index contributed by atoms with van der Waals surface area (Å²) in [5, 5.41) is 2.53. The molecule has 0 heterocycles. The van der Waals surface area contributed by atoms with Gasteiger partial charge in [-0.15, -0.1) is 0 Å². The number of halogens is 1. The number of hydrogen-bond donors (Lipinski definition) is 1. The molecule has 0 fully saturated rings. The quantitative estimate of drug-likeness (QED) is 0.706. The molecule has 0 saturated carbocycles. The van der Waals surface area contributed by atoms with Crippen LogP contribution in [0.1, 0.15) is 5.56 Å². The van der Waals surface area contributed by atoms with Gasteiger partial charge in [0.2, 0.25) is 0 Å². The zero-order valence-electron chi connectivity index (χ0n) is 10.8. The molecule has 0 aromatic heterocycles. The van der Waals surface area contributed by atoms with E-state index in [2.05, 4.69) is 70.5 Å². The fraction of sp³-hybridized carbons (Fsp3) is 0.0588. The molecule has 0 aliphatic heterocycles. The highest BCUT2D eigenvalue weighted by Crippen LogP contribution is 2.34. The van der Waals surface area contributed by atoms with Crippen molar-refractivity contribution in [1.29, 1.82) is 0 Å².